The summed E-state index contributed by atoms with van der Waals surface area (Å²) in [5, 5.41) is 14.6. The van der Waals surface area contributed by atoms with E-state index in [4.69, 9.17) is 0 Å². The SMILES string of the molecule is CC(C)c1cn(CCCC(=O)[O-])cc1C(=O)c1cccc(NC(CCCc2ccccc2)CCCc2ccccc2)c1.[Na+]. The first-order valence-corrected chi connectivity index (χ1v) is 15.3. The predicted octanol–water partition coefficient (Wildman–Crippen LogP) is 4.20. The van der Waals surface area contributed by atoms with Gasteiger partial charge in [-0.15, -0.1) is 0 Å². The molecule has 6 heteroatoms. The zero-order chi connectivity index (χ0) is 29.7. The third kappa shape index (κ3) is 11.1. The van der Waals surface area contributed by atoms with Crippen LogP contribution >= 0.6 is 0 Å². The topological polar surface area (TPSA) is 74.2 Å². The van der Waals surface area contributed by atoms with Gasteiger partial charge < -0.3 is 19.8 Å². The van der Waals surface area contributed by atoms with Crippen molar-refractivity contribution in [3.05, 3.63) is 125 Å². The second kappa shape index (κ2) is 17.9. The molecule has 5 nitrogen and oxygen atoms in total. The number of aryl methyl sites for hydroxylation is 3. The van der Waals surface area contributed by atoms with Gasteiger partial charge in [0.05, 0.1) is 0 Å². The number of anilines is 1. The van der Waals surface area contributed by atoms with Crippen LogP contribution < -0.4 is 40.0 Å². The van der Waals surface area contributed by atoms with Crippen LogP contribution in [0, 0.1) is 0 Å². The molecule has 0 amide bonds. The van der Waals surface area contributed by atoms with E-state index in [1.165, 1.54) is 11.1 Å². The predicted molar refractivity (Wildman–Crippen MR) is 169 cm³/mol. The summed E-state index contributed by atoms with van der Waals surface area (Å²) in [5.74, 6) is -0.887. The number of aliphatic carboxylic acids is 1. The summed E-state index contributed by atoms with van der Waals surface area (Å²) in [6.07, 6.45) is 10.7. The van der Waals surface area contributed by atoms with Gasteiger partial charge in [0, 0.05) is 47.8 Å². The Hall–Kier alpha value is -3.12. The number of rotatable bonds is 17. The summed E-state index contributed by atoms with van der Waals surface area (Å²) in [6.45, 7) is 4.69. The van der Waals surface area contributed by atoms with Gasteiger partial charge in [0.2, 0.25) is 0 Å². The number of aromatic nitrogens is 1. The Morgan fingerprint density at radius 3 is 1.95 bits per heavy atom. The van der Waals surface area contributed by atoms with Gasteiger partial charge in [-0.25, -0.2) is 0 Å². The molecule has 3 aromatic carbocycles. The molecule has 0 saturated carbocycles. The average molecular weight is 587 g/mol. The fourth-order valence-electron chi connectivity index (χ4n) is 5.54. The molecular formula is C37H43N2NaO3. The number of carboxylic acids is 1. The first-order valence-electron chi connectivity index (χ1n) is 15.3. The molecule has 220 valence electrons. The zero-order valence-corrected chi connectivity index (χ0v) is 27.9. The van der Waals surface area contributed by atoms with Crippen molar-refractivity contribution in [3.8, 4) is 0 Å². The minimum Gasteiger partial charge on any atom is -0.550 e. The van der Waals surface area contributed by atoms with Crippen LogP contribution in [0.15, 0.2) is 97.3 Å². The fraction of sp³-hybridized carbons (Fsp3) is 0.351. The van der Waals surface area contributed by atoms with Gasteiger partial charge in [0.15, 0.2) is 5.78 Å². The summed E-state index contributed by atoms with van der Waals surface area (Å²) >= 11 is 0. The molecule has 0 aliphatic carbocycles. The van der Waals surface area contributed by atoms with Crippen molar-refractivity contribution >= 4 is 17.4 Å². The monoisotopic (exact) mass is 586 g/mol. The third-order valence-electron chi connectivity index (χ3n) is 7.79. The molecule has 0 spiro atoms. The number of carbonyl (C=O) groups excluding carboxylic acids is 2. The van der Waals surface area contributed by atoms with Gasteiger partial charge in [-0.3, -0.25) is 4.79 Å². The molecule has 0 saturated heterocycles. The molecule has 4 rings (SSSR count). The Labute approximate surface area is 279 Å². The van der Waals surface area contributed by atoms with Crippen molar-refractivity contribution in [2.45, 2.75) is 83.7 Å². The van der Waals surface area contributed by atoms with Crippen LogP contribution in [0.3, 0.4) is 0 Å². The third-order valence-corrected chi connectivity index (χ3v) is 7.79. The van der Waals surface area contributed by atoms with Gasteiger partial charge in [0.1, 0.15) is 0 Å². The van der Waals surface area contributed by atoms with Gasteiger partial charge in [-0.1, -0.05) is 86.6 Å². The van der Waals surface area contributed by atoms with Crippen molar-refractivity contribution in [3.63, 3.8) is 0 Å². The Balaban J connectivity index is 0.00000506. The van der Waals surface area contributed by atoms with E-state index in [1.54, 1.807) is 0 Å². The van der Waals surface area contributed by atoms with E-state index in [1.807, 2.05) is 41.2 Å². The van der Waals surface area contributed by atoms with Gasteiger partial charge in [0.25, 0.3) is 0 Å². The van der Waals surface area contributed by atoms with E-state index in [-0.39, 0.29) is 47.7 Å². The maximum absolute atomic E-state index is 13.7. The molecule has 1 N–H and O–H groups in total. The standard InChI is InChI=1S/C37H44N2O3.Na/c1-28(2)34-26-39(24-12-23-36(40)41)27-35(34)37(42)31-19-11-22-33(25-31)38-32(20-9-17-29-13-5-3-6-14-29)21-10-18-30-15-7-4-8-16-30;/h3-8,11,13-16,19,22,25-28,32,38H,9-10,12,17-18,20-21,23-24H2,1-2H3,(H,40,41);/q;+1/p-1. The minimum absolute atomic E-state index is 0. The maximum Gasteiger partial charge on any atom is 1.00 e. The van der Waals surface area contributed by atoms with Crippen LogP contribution in [0.1, 0.15) is 90.9 Å². The van der Waals surface area contributed by atoms with Crippen LogP contribution in [0.4, 0.5) is 5.69 Å². The molecule has 1 aromatic heterocycles. The maximum atomic E-state index is 13.7. The molecule has 1 heterocycles. The average Bonchev–Trinajstić information content (AvgIpc) is 3.42. The van der Waals surface area contributed by atoms with E-state index in [2.05, 4.69) is 79.8 Å². The normalized spacial score (nSPS) is 11.0. The van der Waals surface area contributed by atoms with Crippen LogP contribution in [0.2, 0.25) is 0 Å². The molecule has 0 fully saturated rings. The molecule has 4 aromatic rings. The summed E-state index contributed by atoms with van der Waals surface area (Å²) < 4.78 is 1.93. The summed E-state index contributed by atoms with van der Waals surface area (Å²) in [7, 11) is 0. The van der Waals surface area contributed by atoms with E-state index in [0.717, 1.165) is 49.8 Å². The summed E-state index contributed by atoms with van der Waals surface area (Å²) in [6, 6.07) is 29.4. The van der Waals surface area contributed by atoms with E-state index >= 15 is 0 Å². The van der Waals surface area contributed by atoms with E-state index in [0.29, 0.717) is 30.1 Å². The second-order valence-electron chi connectivity index (χ2n) is 11.5. The smallest absolute Gasteiger partial charge is 0.550 e. The molecular weight excluding hydrogens is 543 g/mol. The zero-order valence-electron chi connectivity index (χ0n) is 25.9. The molecule has 0 unspecified atom stereocenters. The second-order valence-corrected chi connectivity index (χ2v) is 11.5. The molecule has 0 bridgehead atoms. The number of nitrogens with zero attached hydrogens (tertiary/aromatic N) is 1. The number of hydrogen-bond acceptors (Lipinski definition) is 4. The molecule has 43 heavy (non-hydrogen) atoms. The van der Waals surface area contributed by atoms with Crippen molar-refractivity contribution < 1.29 is 44.3 Å². The largest absolute Gasteiger partial charge is 1.00 e. The Bertz CT molecular complexity index is 1370. The van der Waals surface area contributed by atoms with Crippen molar-refractivity contribution in [2.24, 2.45) is 0 Å². The Morgan fingerprint density at radius 1 is 0.791 bits per heavy atom. The number of carboxylic acid groups (broad SMARTS) is 1. The van der Waals surface area contributed by atoms with Crippen LogP contribution in [0.25, 0.3) is 0 Å². The first kappa shape index (κ1) is 34.4. The van der Waals surface area contributed by atoms with Gasteiger partial charge in [-0.05, 0) is 86.1 Å². The molecule has 0 radical (unpaired) electrons. The van der Waals surface area contributed by atoms with E-state index < -0.39 is 5.97 Å². The van der Waals surface area contributed by atoms with Gasteiger partial charge >= 0.3 is 29.6 Å². The summed E-state index contributed by atoms with van der Waals surface area (Å²) in [5.41, 5.74) is 6.00. The number of benzene rings is 3. The number of ketones is 1. The van der Waals surface area contributed by atoms with Gasteiger partial charge in [-0.2, -0.15) is 0 Å². The van der Waals surface area contributed by atoms with Crippen molar-refractivity contribution in [1.82, 2.24) is 4.57 Å². The van der Waals surface area contributed by atoms with Crippen LogP contribution in [0.5, 0.6) is 0 Å². The molecule has 0 atom stereocenters. The summed E-state index contributed by atoms with van der Waals surface area (Å²) in [4.78, 5) is 24.6. The van der Waals surface area contributed by atoms with Crippen LogP contribution in [-0.4, -0.2) is 22.4 Å². The number of nitrogens with one attached hydrogen (secondary N) is 1. The quantitative estimate of drug-likeness (QED) is 0.149. The first-order chi connectivity index (χ1) is 20.4. The Kier molecular flexibility index (Phi) is 14.3. The van der Waals surface area contributed by atoms with E-state index in [9.17, 15) is 14.7 Å². The minimum atomic E-state index is -1.05. The van der Waals surface area contributed by atoms with Crippen LogP contribution in [-0.2, 0) is 24.2 Å². The number of hydrogen-bond donors (Lipinski definition) is 1. The van der Waals surface area contributed by atoms with Crippen molar-refractivity contribution in [1.29, 1.82) is 0 Å². The van der Waals surface area contributed by atoms with Crippen molar-refractivity contribution in [2.75, 3.05) is 5.32 Å². The fourth-order valence-corrected chi connectivity index (χ4v) is 5.54. The number of carbonyl (C=O) groups is 2. The Morgan fingerprint density at radius 2 is 1.40 bits per heavy atom. The molecule has 0 aliphatic rings. The molecule has 0 aliphatic heterocycles.